The van der Waals surface area contributed by atoms with Gasteiger partial charge >= 0.3 is 11.9 Å². The first-order chi connectivity index (χ1) is 41.6. The molecule has 2 aliphatic rings. The smallest absolute Gasteiger partial charge is 0.330 e. The first-order valence-electron chi connectivity index (χ1n) is 30.6. The lowest BCUT2D eigenvalue weighted by Crippen LogP contribution is -2.60. The third-order valence-electron chi connectivity index (χ3n) is 15.9. The molecule has 0 spiro atoms. The highest BCUT2D eigenvalue weighted by molar-refractivity contribution is 6.38. The zero-order valence-corrected chi connectivity index (χ0v) is 53.7. The Balaban J connectivity index is 1.50. The fourth-order valence-electron chi connectivity index (χ4n) is 10.9. The summed E-state index contributed by atoms with van der Waals surface area (Å²) < 4.78 is 22.8. The van der Waals surface area contributed by atoms with E-state index in [0.717, 1.165) is 11.1 Å². The SMILES string of the molecule is COc1ccc(CC[C@H]2OC(=O)[C@@H]3CCCCN3C(=O)C(=O)C(C)(C)COC(=O)/C=C\CCN(C)C(=O)[C@@H](CC(C)C)NC(=O)[C@H](C(C)C)N(C)C(=O)[C@@H](Cc3ccccc3)NC(=O)[C@H](CC(C)C)N(C)C(=O)CCC(=O)Nc3cccc2c3)cc1OC. The van der Waals surface area contributed by atoms with E-state index in [-0.39, 0.29) is 76.3 Å². The summed E-state index contributed by atoms with van der Waals surface area (Å²) in [5.74, 6) is -6.12. The number of amides is 7. The number of hydrogen-bond acceptors (Lipinski definition) is 14. The van der Waals surface area contributed by atoms with Crippen molar-refractivity contribution in [2.24, 2.45) is 23.2 Å². The second kappa shape index (κ2) is 33.3. The predicted molar refractivity (Wildman–Crippen MR) is 332 cm³/mol. The Bertz CT molecular complexity index is 2960. The fraction of sp³-hybridized carbons (Fsp3) is 0.552. The highest BCUT2D eigenvalue weighted by Crippen LogP contribution is 2.33. The van der Waals surface area contributed by atoms with Gasteiger partial charge in [0.2, 0.25) is 41.2 Å². The third kappa shape index (κ3) is 20.2. The maximum absolute atomic E-state index is 14.9. The summed E-state index contributed by atoms with van der Waals surface area (Å²) in [6.45, 7) is 13.9. The molecule has 0 saturated carbocycles. The molecule has 3 aromatic rings. The molecule has 480 valence electrons. The van der Waals surface area contributed by atoms with Gasteiger partial charge in [-0.25, -0.2) is 9.59 Å². The quantitative estimate of drug-likeness (QED) is 0.120. The molecule has 1 saturated heterocycles. The monoisotopic (exact) mass is 1220 g/mol. The number of likely N-dealkylation sites (N-methyl/N-ethyl adjacent to an activating group) is 3. The van der Waals surface area contributed by atoms with Gasteiger partial charge in [0, 0.05) is 65.3 Å². The minimum Gasteiger partial charge on any atom is -0.493 e. The number of carbonyl (C=O) groups excluding carboxylic acids is 10. The molecule has 0 aromatic heterocycles. The van der Waals surface area contributed by atoms with Crippen LogP contribution in [0.25, 0.3) is 0 Å². The number of aryl methyl sites for hydroxylation is 1. The number of piperidine rings is 1. The van der Waals surface area contributed by atoms with Crippen molar-refractivity contribution in [2.75, 3.05) is 60.4 Å². The number of benzene rings is 3. The summed E-state index contributed by atoms with van der Waals surface area (Å²) in [5, 5.41) is 8.73. The van der Waals surface area contributed by atoms with Crippen LogP contribution in [0.1, 0.15) is 136 Å². The minimum absolute atomic E-state index is 0.0416. The van der Waals surface area contributed by atoms with E-state index in [1.165, 1.54) is 73.9 Å². The number of ether oxygens (including phenoxy) is 4. The Morgan fingerprint density at radius 3 is 2.03 bits per heavy atom. The number of nitrogens with zero attached hydrogens (tertiary/aromatic N) is 4. The van der Waals surface area contributed by atoms with Crippen molar-refractivity contribution in [1.29, 1.82) is 0 Å². The second-order valence-electron chi connectivity index (χ2n) is 24.8. The van der Waals surface area contributed by atoms with Gasteiger partial charge in [-0.2, -0.15) is 0 Å². The predicted octanol–water partition coefficient (Wildman–Crippen LogP) is 7.19. The molecular formula is C67H93N7O14. The van der Waals surface area contributed by atoms with E-state index in [2.05, 4.69) is 16.0 Å². The highest BCUT2D eigenvalue weighted by atomic mass is 16.5. The van der Waals surface area contributed by atoms with Crippen LogP contribution < -0.4 is 25.4 Å². The van der Waals surface area contributed by atoms with Gasteiger partial charge in [-0.1, -0.05) is 96.1 Å². The van der Waals surface area contributed by atoms with Crippen molar-refractivity contribution < 1.29 is 66.9 Å². The average molecular weight is 1220 g/mol. The van der Waals surface area contributed by atoms with Gasteiger partial charge in [0.15, 0.2) is 11.5 Å². The molecule has 21 heteroatoms. The van der Waals surface area contributed by atoms with Crippen LogP contribution in [0.5, 0.6) is 11.5 Å². The lowest BCUT2D eigenvalue weighted by atomic mass is 9.87. The first-order valence-corrected chi connectivity index (χ1v) is 30.6. The van der Waals surface area contributed by atoms with Crippen LogP contribution in [-0.2, 0) is 70.3 Å². The number of rotatable bonds is 12. The summed E-state index contributed by atoms with van der Waals surface area (Å²) in [6, 6.07) is 15.7. The number of cyclic esters (lactones) is 2. The van der Waals surface area contributed by atoms with Crippen LogP contribution >= 0.6 is 0 Å². The Morgan fingerprint density at radius 1 is 0.693 bits per heavy atom. The Hall–Kier alpha value is -8.10. The molecule has 2 heterocycles. The van der Waals surface area contributed by atoms with E-state index < -0.39 is 113 Å². The van der Waals surface area contributed by atoms with Gasteiger partial charge in [0.1, 0.15) is 42.9 Å². The van der Waals surface area contributed by atoms with Gasteiger partial charge in [0.05, 0.1) is 19.6 Å². The second-order valence-corrected chi connectivity index (χ2v) is 24.8. The van der Waals surface area contributed by atoms with Gasteiger partial charge in [-0.05, 0) is 124 Å². The highest BCUT2D eigenvalue weighted by Gasteiger charge is 2.43. The summed E-state index contributed by atoms with van der Waals surface area (Å²) in [7, 11) is 7.59. The van der Waals surface area contributed by atoms with Crippen molar-refractivity contribution in [3.05, 3.63) is 102 Å². The van der Waals surface area contributed by atoms with Crippen LogP contribution in [0.2, 0.25) is 0 Å². The normalized spacial score (nSPS) is 23.0. The molecule has 21 nitrogen and oxygen atoms in total. The number of Topliss-reactive ketones (excluding diaryl/α,β-unsaturated/α-hetero) is 1. The van der Waals surface area contributed by atoms with Crippen molar-refractivity contribution in [2.45, 2.75) is 162 Å². The molecule has 7 amide bonds. The van der Waals surface area contributed by atoms with Gasteiger partial charge in [-0.3, -0.25) is 38.4 Å². The number of esters is 2. The fourth-order valence-corrected chi connectivity index (χ4v) is 10.9. The van der Waals surface area contributed by atoms with E-state index in [9.17, 15) is 47.9 Å². The van der Waals surface area contributed by atoms with Crippen LogP contribution in [0.4, 0.5) is 5.69 Å². The van der Waals surface area contributed by atoms with E-state index in [0.29, 0.717) is 42.0 Å². The number of methoxy groups -OCH3 is 2. The van der Waals surface area contributed by atoms with Crippen molar-refractivity contribution in [3.63, 3.8) is 0 Å². The van der Waals surface area contributed by atoms with Gasteiger partial charge in [0.25, 0.3) is 5.91 Å². The van der Waals surface area contributed by atoms with Crippen LogP contribution in [0.3, 0.4) is 0 Å². The first kappa shape index (κ1) is 70.7. The maximum atomic E-state index is 14.9. The third-order valence-corrected chi connectivity index (χ3v) is 15.9. The number of nitrogens with one attached hydrogen (secondary N) is 3. The molecule has 3 N–H and O–H groups in total. The molecule has 1 fully saturated rings. The van der Waals surface area contributed by atoms with E-state index >= 15 is 0 Å². The molecule has 0 aliphatic carbocycles. The number of fused-ring (bicyclic) bond motifs is 3. The van der Waals surface area contributed by atoms with Gasteiger partial charge in [-0.15, -0.1) is 0 Å². The van der Waals surface area contributed by atoms with Crippen LogP contribution in [-0.4, -0.2) is 164 Å². The van der Waals surface area contributed by atoms with Gasteiger partial charge < -0.3 is 54.5 Å². The number of carbonyl (C=O) groups is 10. The Labute approximate surface area is 518 Å². The van der Waals surface area contributed by atoms with E-state index in [1.54, 1.807) is 63.4 Å². The van der Waals surface area contributed by atoms with E-state index in [1.807, 2.05) is 58.0 Å². The molecule has 0 radical (unpaired) electrons. The minimum atomic E-state index is -1.51. The Kier molecular flexibility index (Phi) is 26.7. The Morgan fingerprint density at radius 2 is 1.38 bits per heavy atom. The lowest BCUT2D eigenvalue weighted by Gasteiger charge is -2.36. The van der Waals surface area contributed by atoms with Crippen LogP contribution in [0, 0.1) is 23.2 Å². The largest absolute Gasteiger partial charge is 0.493 e. The van der Waals surface area contributed by atoms with Crippen molar-refractivity contribution >= 4 is 64.8 Å². The maximum Gasteiger partial charge on any atom is 0.330 e. The molecule has 6 atom stereocenters. The van der Waals surface area contributed by atoms with Crippen molar-refractivity contribution in [3.8, 4) is 11.5 Å². The standard InChI is InChI=1S/C67H93N7O14/c1-42(2)36-49-63(81)71(9)34-19-18-27-58(77)87-41-67(7,8)60(78)65(83)74-35-20-17-26-51(74)66(84)88-53(30-28-46-29-31-54(85-12)55(39-46)86-13)47-24-21-25-48(40-47)68-56(75)32-33-57(76)72(10)52(37-43(3)4)61(79)69-50(38-45-22-15-14-16-23-45)64(82)73(11)59(44(5)6)62(80)70-49/h14-16,18,21-25,27,29,31,39-40,42-44,49-53,59H,17,19-20,26,28,30,32-38,41H2,1-13H3,(H,68,75)(H,69,79)(H,70,80)/b27-18-/t49-,50-,51+,52+,53-,59+/m1/s1. The lowest BCUT2D eigenvalue weighted by molar-refractivity contribution is -0.165. The van der Waals surface area contributed by atoms with Crippen LogP contribution in [0.15, 0.2) is 84.9 Å². The molecule has 3 aromatic carbocycles. The molecule has 2 aliphatic heterocycles. The molecular weight excluding hydrogens is 1130 g/mol. The zero-order valence-electron chi connectivity index (χ0n) is 53.7. The molecule has 5 rings (SSSR count). The molecule has 0 unspecified atom stereocenters. The average Bonchev–Trinajstić information content (AvgIpc) is 1.33. The molecule has 2 bridgehead atoms. The number of ketones is 1. The summed E-state index contributed by atoms with van der Waals surface area (Å²) in [6.07, 6.45) is 3.80. The van der Waals surface area contributed by atoms with Crippen molar-refractivity contribution in [1.82, 2.24) is 30.2 Å². The van der Waals surface area contributed by atoms with E-state index in [4.69, 9.17) is 18.9 Å². The topological polar surface area (TPSA) is 257 Å². The number of hydrogen-bond donors (Lipinski definition) is 3. The number of anilines is 1. The zero-order chi connectivity index (χ0) is 65.0. The summed E-state index contributed by atoms with van der Waals surface area (Å²) >= 11 is 0. The summed E-state index contributed by atoms with van der Waals surface area (Å²) in [5.41, 5.74) is 0.885. The molecule has 88 heavy (non-hydrogen) atoms. The summed E-state index contributed by atoms with van der Waals surface area (Å²) in [4.78, 5) is 147.